The minimum Gasteiger partial charge on any atom is -0.335 e. The third-order valence-electron chi connectivity index (χ3n) is 3.37. The van der Waals surface area contributed by atoms with Crippen molar-refractivity contribution in [3.05, 3.63) is 18.0 Å². The van der Waals surface area contributed by atoms with Crippen molar-refractivity contribution in [2.24, 2.45) is 0 Å². The van der Waals surface area contributed by atoms with E-state index < -0.39 is 10.0 Å². The zero-order valence-electron chi connectivity index (χ0n) is 12.0. The van der Waals surface area contributed by atoms with Crippen molar-refractivity contribution in [2.75, 3.05) is 32.4 Å². The van der Waals surface area contributed by atoms with Gasteiger partial charge in [-0.3, -0.25) is 9.48 Å². The summed E-state index contributed by atoms with van der Waals surface area (Å²) in [5.41, 5.74) is 0.549. The Hall–Kier alpha value is -1.41. The van der Waals surface area contributed by atoms with E-state index in [4.69, 9.17) is 0 Å². The van der Waals surface area contributed by atoms with Crippen LogP contribution < -0.4 is 0 Å². The van der Waals surface area contributed by atoms with Crippen molar-refractivity contribution in [3.63, 3.8) is 0 Å². The van der Waals surface area contributed by atoms with Gasteiger partial charge < -0.3 is 4.90 Å². The van der Waals surface area contributed by atoms with E-state index in [1.807, 2.05) is 13.8 Å². The molecule has 8 heteroatoms. The molecule has 1 aliphatic rings. The molecule has 0 aromatic carbocycles. The average Bonchev–Trinajstić information content (AvgIpc) is 2.86. The van der Waals surface area contributed by atoms with Crippen LogP contribution in [0.15, 0.2) is 12.3 Å². The van der Waals surface area contributed by atoms with Gasteiger partial charge in [-0.1, -0.05) is 0 Å². The van der Waals surface area contributed by atoms with E-state index in [2.05, 4.69) is 5.10 Å². The largest absolute Gasteiger partial charge is 0.335 e. The molecule has 1 aliphatic heterocycles. The number of carbonyl (C=O) groups is 1. The first-order valence-electron chi connectivity index (χ1n) is 6.58. The van der Waals surface area contributed by atoms with E-state index in [1.54, 1.807) is 21.8 Å². The van der Waals surface area contributed by atoms with Crippen molar-refractivity contribution in [1.29, 1.82) is 0 Å². The SMILES string of the molecule is CC(C)n1nccc1C(=O)N1CCN(S(C)(=O)=O)CC1. The predicted molar refractivity (Wildman–Crippen MR) is 74.9 cm³/mol. The third-order valence-corrected chi connectivity index (χ3v) is 4.68. The zero-order chi connectivity index (χ0) is 14.9. The fraction of sp³-hybridized carbons (Fsp3) is 0.667. The molecule has 7 nitrogen and oxygen atoms in total. The van der Waals surface area contributed by atoms with Gasteiger partial charge in [0.15, 0.2) is 0 Å². The molecule has 0 radical (unpaired) electrons. The summed E-state index contributed by atoms with van der Waals surface area (Å²) in [5, 5.41) is 4.15. The van der Waals surface area contributed by atoms with Crippen LogP contribution in [0.2, 0.25) is 0 Å². The second-order valence-electron chi connectivity index (χ2n) is 5.21. The summed E-state index contributed by atoms with van der Waals surface area (Å²) in [5.74, 6) is -0.0932. The molecule has 0 atom stereocenters. The molecule has 112 valence electrons. The van der Waals surface area contributed by atoms with Crippen molar-refractivity contribution in [1.82, 2.24) is 19.0 Å². The van der Waals surface area contributed by atoms with Crippen LogP contribution >= 0.6 is 0 Å². The highest BCUT2D eigenvalue weighted by molar-refractivity contribution is 7.88. The fourth-order valence-corrected chi connectivity index (χ4v) is 3.11. The summed E-state index contributed by atoms with van der Waals surface area (Å²) in [6, 6.07) is 1.81. The Labute approximate surface area is 119 Å². The molecule has 1 aromatic heterocycles. The molecule has 1 fully saturated rings. The summed E-state index contributed by atoms with van der Waals surface area (Å²) >= 11 is 0. The molecule has 0 unspecified atom stereocenters. The molecule has 20 heavy (non-hydrogen) atoms. The molecule has 1 saturated heterocycles. The monoisotopic (exact) mass is 300 g/mol. The summed E-state index contributed by atoms with van der Waals surface area (Å²) < 4.78 is 26.0. The van der Waals surface area contributed by atoms with Crippen LogP contribution in [0.25, 0.3) is 0 Å². The lowest BCUT2D eigenvalue weighted by Crippen LogP contribution is -2.50. The van der Waals surface area contributed by atoms with E-state index in [0.717, 1.165) is 0 Å². The maximum atomic E-state index is 12.4. The number of nitrogens with zero attached hydrogens (tertiary/aromatic N) is 4. The second-order valence-corrected chi connectivity index (χ2v) is 7.19. The van der Waals surface area contributed by atoms with E-state index in [9.17, 15) is 13.2 Å². The maximum absolute atomic E-state index is 12.4. The second kappa shape index (κ2) is 5.53. The van der Waals surface area contributed by atoms with Crippen molar-refractivity contribution in [3.8, 4) is 0 Å². The summed E-state index contributed by atoms with van der Waals surface area (Å²) in [6.45, 7) is 5.45. The smallest absolute Gasteiger partial charge is 0.272 e. The molecule has 1 aromatic rings. The van der Waals surface area contributed by atoms with Crippen LogP contribution in [0, 0.1) is 0 Å². The van der Waals surface area contributed by atoms with Gasteiger partial charge in [0, 0.05) is 38.4 Å². The molecular formula is C12H20N4O3S. The van der Waals surface area contributed by atoms with Crippen LogP contribution in [-0.2, 0) is 10.0 Å². The zero-order valence-corrected chi connectivity index (χ0v) is 12.8. The lowest BCUT2D eigenvalue weighted by atomic mass is 10.3. The first-order valence-corrected chi connectivity index (χ1v) is 8.43. The number of hydrogen-bond acceptors (Lipinski definition) is 4. The number of rotatable bonds is 3. The highest BCUT2D eigenvalue weighted by atomic mass is 32.2. The van der Waals surface area contributed by atoms with Gasteiger partial charge in [0.25, 0.3) is 5.91 Å². The van der Waals surface area contributed by atoms with Gasteiger partial charge >= 0.3 is 0 Å². The van der Waals surface area contributed by atoms with Crippen molar-refractivity contribution < 1.29 is 13.2 Å². The lowest BCUT2D eigenvalue weighted by molar-refractivity contribution is 0.0683. The Kier molecular flexibility index (Phi) is 4.14. The van der Waals surface area contributed by atoms with Gasteiger partial charge in [0.05, 0.1) is 6.26 Å². The first-order chi connectivity index (χ1) is 9.30. The number of aromatic nitrogens is 2. The van der Waals surface area contributed by atoms with Gasteiger partial charge in [-0.15, -0.1) is 0 Å². The van der Waals surface area contributed by atoms with Crippen LogP contribution in [0.5, 0.6) is 0 Å². The molecule has 2 rings (SSSR count). The number of sulfonamides is 1. The van der Waals surface area contributed by atoms with Gasteiger partial charge in [0.1, 0.15) is 5.69 Å². The Morgan fingerprint density at radius 1 is 1.25 bits per heavy atom. The normalized spacial score (nSPS) is 17.7. The lowest BCUT2D eigenvalue weighted by Gasteiger charge is -2.33. The van der Waals surface area contributed by atoms with Gasteiger partial charge in [-0.25, -0.2) is 8.42 Å². The van der Waals surface area contributed by atoms with Crippen LogP contribution in [0.1, 0.15) is 30.4 Å². The number of hydrogen-bond donors (Lipinski definition) is 0. The summed E-state index contributed by atoms with van der Waals surface area (Å²) in [4.78, 5) is 14.1. The van der Waals surface area contributed by atoms with Gasteiger partial charge in [0.2, 0.25) is 10.0 Å². The number of carbonyl (C=O) groups excluding carboxylic acids is 1. The predicted octanol–water partition coefficient (Wildman–Crippen LogP) is 0.181. The molecule has 0 aliphatic carbocycles. The number of amides is 1. The Morgan fingerprint density at radius 3 is 2.35 bits per heavy atom. The molecule has 0 N–H and O–H groups in total. The Morgan fingerprint density at radius 2 is 1.85 bits per heavy atom. The third kappa shape index (κ3) is 3.01. The summed E-state index contributed by atoms with van der Waals surface area (Å²) in [6.07, 6.45) is 2.80. The van der Waals surface area contributed by atoms with E-state index >= 15 is 0 Å². The van der Waals surface area contributed by atoms with E-state index in [0.29, 0.717) is 31.9 Å². The van der Waals surface area contributed by atoms with Gasteiger partial charge in [-0.2, -0.15) is 9.40 Å². The molecule has 2 heterocycles. The summed E-state index contributed by atoms with van der Waals surface area (Å²) in [7, 11) is -3.17. The van der Waals surface area contributed by atoms with E-state index in [-0.39, 0.29) is 11.9 Å². The molecule has 0 spiro atoms. The standard InChI is InChI=1S/C12H20N4O3S/c1-10(2)16-11(4-5-13-16)12(17)14-6-8-15(9-7-14)20(3,18)19/h4-5,10H,6-9H2,1-3H3. The fourth-order valence-electron chi connectivity index (χ4n) is 2.28. The Balaban J connectivity index is 2.07. The molecule has 0 bridgehead atoms. The van der Waals surface area contributed by atoms with Crippen LogP contribution in [0.4, 0.5) is 0 Å². The average molecular weight is 300 g/mol. The van der Waals surface area contributed by atoms with Gasteiger partial charge in [-0.05, 0) is 19.9 Å². The molecule has 1 amide bonds. The van der Waals surface area contributed by atoms with Crippen molar-refractivity contribution in [2.45, 2.75) is 19.9 Å². The molecule has 0 saturated carbocycles. The maximum Gasteiger partial charge on any atom is 0.272 e. The minimum absolute atomic E-state index is 0.0932. The Bertz CT molecular complexity index is 586. The highest BCUT2D eigenvalue weighted by Crippen LogP contribution is 2.13. The topological polar surface area (TPSA) is 75.5 Å². The number of piperazine rings is 1. The van der Waals surface area contributed by atoms with Crippen LogP contribution in [-0.4, -0.2) is 65.7 Å². The molecular weight excluding hydrogens is 280 g/mol. The first kappa shape index (κ1) is 15.0. The van der Waals surface area contributed by atoms with E-state index in [1.165, 1.54) is 10.6 Å². The van der Waals surface area contributed by atoms with Crippen molar-refractivity contribution >= 4 is 15.9 Å². The quantitative estimate of drug-likeness (QED) is 0.798. The van der Waals surface area contributed by atoms with Crippen LogP contribution in [0.3, 0.4) is 0 Å². The minimum atomic E-state index is -3.17. The highest BCUT2D eigenvalue weighted by Gasteiger charge is 2.28.